The number of nitrogens with one attached hydrogen (secondary N) is 1. The summed E-state index contributed by atoms with van der Waals surface area (Å²) < 4.78 is 0. The quantitative estimate of drug-likeness (QED) is 0.331. The molecule has 0 bridgehead atoms. The minimum atomic E-state index is 0. The third-order valence-electron chi connectivity index (χ3n) is 6.22. The van der Waals surface area contributed by atoms with Crippen LogP contribution in [0, 0.1) is 0 Å². The Morgan fingerprint density at radius 3 is 2.53 bits per heavy atom. The Bertz CT molecular complexity index is 783. The van der Waals surface area contributed by atoms with Crippen molar-refractivity contribution in [3.8, 4) is 0 Å². The number of thiazole rings is 1. The van der Waals surface area contributed by atoms with Crippen molar-refractivity contribution in [2.24, 2.45) is 10.7 Å². The fraction of sp³-hybridized carbons (Fsp3) is 0.545. The number of guanidine groups is 1. The van der Waals surface area contributed by atoms with Crippen LogP contribution >= 0.6 is 35.3 Å². The number of halogens is 1. The second kappa shape index (κ2) is 10.8. The molecule has 3 N–H and O–H groups in total. The van der Waals surface area contributed by atoms with Crippen molar-refractivity contribution in [3.05, 3.63) is 47.5 Å². The van der Waals surface area contributed by atoms with Gasteiger partial charge in [-0.3, -0.25) is 4.99 Å². The van der Waals surface area contributed by atoms with Gasteiger partial charge >= 0.3 is 0 Å². The van der Waals surface area contributed by atoms with Gasteiger partial charge < -0.3 is 20.9 Å². The van der Waals surface area contributed by atoms with E-state index in [-0.39, 0.29) is 29.5 Å². The highest BCUT2D eigenvalue weighted by Gasteiger charge is 2.35. The molecule has 6 nitrogen and oxygen atoms in total. The molecule has 1 aromatic heterocycles. The summed E-state index contributed by atoms with van der Waals surface area (Å²) in [4.78, 5) is 13.8. The summed E-state index contributed by atoms with van der Waals surface area (Å²) in [5.41, 5.74) is 7.79. The maximum Gasteiger partial charge on any atom is 0.191 e. The molecule has 0 spiro atoms. The Kier molecular flexibility index (Phi) is 8.35. The van der Waals surface area contributed by atoms with Gasteiger partial charge in [0.2, 0.25) is 0 Å². The first-order valence-electron chi connectivity index (χ1n) is 10.7. The molecule has 1 aliphatic heterocycles. The zero-order valence-electron chi connectivity index (χ0n) is 17.7. The van der Waals surface area contributed by atoms with Gasteiger partial charge in [-0.15, -0.1) is 35.3 Å². The molecule has 1 unspecified atom stereocenters. The molecule has 1 atom stereocenters. The lowest BCUT2D eigenvalue weighted by Gasteiger charge is -2.36. The van der Waals surface area contributed by atoms with Crippen LogP contribution < -0.4 is 16.0 Å². The van der Waals surface area contributed by atoms with Gasteiger partial charge in [0.15, 0.2) is 11.1 Å². The fourth-order valence-electron chi connectivity index (χ4n) is 4.52. The van der Waals surface area contributed by atoms with Gasteiger partial charge in [-0.25, -0.2) is 4.98 Å². The van der Waals surface area contributed by atoms with E-state index < -0.39 is 0 Å². The van der Waals surface area contributed by atoms with Crippen molar-refractivity contribution < 1.29 is 0 Å². The van der Waals surface area contributed by atoms with Crippen LogP contribution in [0.1, 0.15) is 44.2 Å². The van der Waals surface area contributed by atoms with Crippen LogP contribution in [0.2, 0.25) is 0 Å². The highest BCUT2D eigenvalue weighted by atomic mass is 127. The van der Waals surface area contributed by atoms with Crippen molar-refractivity contribution in [1.29, 1.82) is 0 Å². The average Bonchev–Trinajstić information content (AvgIpc) is 3.46. The first-order chi connectivity index (χ1) is 14.2. The predicted molar refractivity (Wildman–Crippen MR) is 137 cm³/mol. The Morgan fingerprint density at radius 2 is 1.90 bits per heavy atom. The molecule has 164 valence electrons. The van der Waals surface area contributed by atoms with E-state index in [1.165, 1.54) is 31.2 Å². The lowest BCUT2D eigenvalue weighted by molar-refractivity contribution is 0.305. The highest BCUT2D eigenvalue weighted by molar-refractivity contribution is 14.0. The molecule has 0 amide bonds. The normalized spacial score (nSPS) is 20.1. The average molecular weight is 541 g/mol. The molecule has 1 aliphatic carbocycles. The van der Waals surface area contributed by atoms with Crippen molar-refractivity contribution >= 4 is 46.4 Å². The number of hydrogen-bond donors (Lipinski definition) is 2. The lowest BCUT2D eigenvalue weighted by Crippen LogP contribution is -2.52. The van der Waals surface area contributed by atoms with E-state index in [9.17, 15) is 0 Å². The molecule has 8 heteroatoms. The highest BCUT2D eigenvalue weighted by Crippen LogP contribution is 2.32. The van der Waals surface area contributed by atoms with Crippen molar-refractivity contribution in [2.45, 2.75) is 44.2 Å². The number of aliphatic imine (C=N–C) groups is 1. The topological polar surface area (TPSA) is 69.8 Å². The number of anilines is 1. The number of nitrogens with zero attached hydrogens (tertiary/aromatic N) is 4. The molecular weight excluding hydrogens is 507 g/mol. The Labute approximate surface area is 201 Å². The van der Waals surface area contributed by atoms with Gasteiger partial charge in [0.25, 0.3) is 0 Å². The van der Waals surface area contributed by atoms with Crippen LogP contribution in [0.3, 0.4) is 0 Å². The van der Waals surface area contributed by atoms with E-state index in [1.807, 2.05) is 11.6 Å². The van der Waals surface area contributed by atoms with E-state index in [1.54, 1.807) is 11.3 Å². The summed E-state index contributed by atoms with van der Waals surface area (Å²) in [6, 6.07) is 11.0. The number of piperazine rings is 1. The van der Waals surface area contributed by atoms with E-state index in [4.69, 9.17) is 10.7 Å². The van der Waals surface area contributed by atoms with Gasteiger partial charge in [0, 0.05) is 49.3 Å². The number of rotatable bonds is 6. The maximum atomic E-state index is 6.41. The third-order valence-corrected chi connectivity index (χ3v) is 7.05. The zero-order chi connectivity index (χ0) is 20.1. The molecule has 2 aliphatic rings. The monoisotopic (exact) mass is 540 g/mol. The summed E-state index contributed by atoms with van der Waals surface area (Å²) in [5.74, 6) is 0.684. The first kappa shape index (κ1) is 23.3. The Morgan fingerprint density at radius 1 is 1.20 bits per heavy atom. The van der Waals surface area contributed by atoms with Crippen LogP contribution in [0.4, 0.5) is 5.13 Å². The number of aromatic nitrogens is 1. The zero-order valence-corrected chi connectivity index (χ0v) is 20.8. The summed E-state index contributed by atoms with van der Waals surface area (Å²) >= 11 is 1.70. The minimum absolute atomic E-state index is 0. The smallest absolute Gasteiger partial charge is 0.191 e. The molecule has 0 radical (unpaired) electrons. The van der Waals surface area contributed by atoms with Gasteiger partial charge in [-0.1, -0.05) is 43.2 Å². The fourth-order valence-corrected chi connectivity index (χ4v) is 5.21. The van der Waals surface area contributed by atoms with Gasteiger partial charge in [0.05, 0.1) is 6.54 Å². The van der Waals surface area contributed by atoms with E-state index in [2.05, 4.69) is 57.4 Å². The molecule has 2 heterocycles. The van der Waals surface area contributed by atoms with Crippen LogP contribution in [-0.4, -0.2) is 54.1 Å². The molecule has 2 aromatic rings. The summed E-state index contributed by atoms with van der Waals surface area (Å²) in [6.45, 7) is 6.69. The van der Waals surface area contributed by atoms with Crippen LogP contribution in [0.25, 0.3) is 0 Å². The van der Waals surface area contributed by atoms with E-state index in [0.717, 1.165) is 37.9 Å². The number of nitrogens with two attached hydrogens (primary N) is 1. The predicted octanol–water partition coefficient (Wildman–Crippen LogP) is 3.86. The lowest BCUT2D eigenvalue weighted by atomic mass is 9.95. The van der Waals surface area contributed by atoms with Crippen molar-refractivity contribution in [3.63, 3.8) is 0 Å². The second-order valence-electron chi connectivity index (χ2n) is 8.23. The van der Waals surface area contributed by atoms with Crippen molar-refractivity contribution in [1.82, 2.24) is 15.2 Å². The summed E-state index contributed by atoms with van der Waals surface area (Å²) in [6.07, 6.45) is 6.72. The van der Waals surface area contributed by atoms with E-state index >= 15 is 0 Å². The first-order valence-corrected chi connectivity index (χ1v) is 11.6. The third kappa shape index (κ3) is 5.64. The number of hydrogen-bond acceptors (Lipinski definition) is 5. The van der Waals surface area contributed by atoms with Crippen molar-refractivity contribution in [2.75, 3.05) is 37.6 Å². The summed E-state index contributed by atoms with van der Waals surface area (Å²) in [7, 11) is 0. The van der Waals surface area contributed by atoms with Gasteiger partial charge in [-0.2, -0.15) is 0 Å². The largest absolute Gasteiger partial charge is 0.370 e. The van der Waals surface area contributed by atoms with Crippen LogP contribution in [0.15, 0.2) is 46.9 Å². The Hall–Kier alpha value is -1.39. The van der Waals surface area contributed by atoms with E-state index in [0.29, 0.717) is 12.0 Å². The summed E-state index contributed by atoms with van der Waals surface area (Å²) in [5, 5.41) is 7.03. The SMILES string of the molecule is CC(NC1(CN=C(N)N2CCN(c3nccs3)CC2)CCCC1)c1ccccc1.I. The molecule has 1 saturated heterocycles. The Balaban J connectivity index is 0.00000256. The second-order valence-corrected chi connectivity index (χ2v) is 9.10. The molecule has 2 fully saturated rings. The molecular formula is C22H33IN6S. The molecule has 1 saturated carbocycles. The molecule has 1 aromatic carbocycles. The van der Waals surface area contributed by atoms with Gasteiger partial charge in [0.1, 0.15) is 0 Å². The standard InChI is InChI=1S/C22H32N6S.HI/c1-18(19-7-3-2-4-8-19)26-22(9-5-6-10-22)17-25-20(23)27-12-14-28(15-13-27)21-24-11-16-29-21;/h2-4,7-8,11,16,18,26H,5-6,9-10,12-15,17H2,1H3,(H2,23,25);1H. The molecule has 30 heavy (non-hydrogen) atoms. The molecule has 4 rings (SSSR count). The maximum absolute atomic E-state index is 6.41. The number of benzene rings is 1. The van der Waals surface area contributed by atoms with Crippen LogP contribution in [-0.2, 0) is 0 Å². The van der Waals surface area contributed by atoms with Crippen LogP contribution in [0.5, 0.6) is 0 Å². The minimum Gasteiger partial charge on any atom is -0.370 e. The van der Waals surface area contributed by atoms with Gasteiger partial charge in [-0.05, 0) is 25.3 Å².